The summed E-state index contributed by atoms with van der Waals surface area (Å²) in [6, 6.07) is 15.8. The Morgan fingerprint density at radius 1 is 1.06 bits per heavy atom. The molecular formula is C16H16FN. The molecule has 0 radical (unpaired) electrons. The normalized spacial score (nSPS) is 14.7. The van der Waals surface area contributed by atoms with E-state index >= 15 is 0 Å². The molecule has 1 fully saturated rings. The van der Waals surface area contributed by atoms with Crippen LogP contribution < -0.4 is 5.32 Å². The van der Waals surface area contributed by atoms with Crippen molar-refractivity contribution in [2.24, 2.45) is 0 Å². The quantitative estimate of drug-likeness (QED) is 0.859. The Morgan fingerprint density at radius 3 is 2.56 bits per heavy atom. The molecule has 2 aromatic carbocycles. The highest BCUT2D eigenvalue weighted by Gasteiger charge is 2.20. The van der Waals surface area contributed by atoms with E-state index in [2.05, 4.69) is 17.4 Å². The standard InChI is InChI=1S/C16H16FN/c17-14-6-9-16(12-4-2-1-3-5-12)13(10-14)11-18-15-7-8-15/h1-6,9-10,15,18H,7-8,11H2. The molecule has 0 bridgehead atoms. The lowest BCUT2D eigenvalue weighted by Gasteiger charge is -2.11. The van der Waals surface area contributed by atoms with Crippen molar-refractivity contribution in [1.82, 2.24) is 5.32 Å². The minimum atomic E-state index is -0.165. The van der Waals surface area contributed by atoms with Crippen LogP contribution in [0.5, 0.6) is 0 Å². The SMILES string of the molecule is Fc1ccc(-c2ccccc2)c(CNC2CC2)c1. The summed E-state index contributed by atoms with van der Waals surface area (Å²) in [7, 11) is 0. The first-order valence-electron chi connectivity index (χ1n) is 6.40. The van der Waals surface area contributed by atoms with Gasteiger partial charge in [0.1, 0.15) is 5.82 Å². The van der Waals surface area contributed by atoms with Crippen LogP contribution in [0.2, 0.25) is 0 Å². The number of hydrogen-bond acceptors (Lipinski definition) is 1. The second kappa shape index (κ2) is 4.91. The van der Waals surface area contributed by atoms with E-state index in [-0.39, 0.29) is 5.82 Å². The van der Waals surface area contributed by atoms with Gasteiger partial charge < -0.3 is 5.32 Å². The molecule has 0 heterocycles. The molecule has 1 aliphatic rings. The fourth-order valence-electron chi connectivity index (χ4n) is 2.15. The third-order valence-corrected chi connectivity index (χ3v) is 3.31. The van der Waals surface area contributed by atoms with Gasteiger partial charge in [-0.25, -0.2) is 4.39 Å². The van der Waals surface area contributed by atoms with Gasteiger partial charge in [-0.1, -0.05) is 36.4 Å². The van der Waals surface area contributed by atoms with E-state index in [1.54, 1.807) is 6.07 Å². The van der Waals surface area contributed by atoms with Crippen LogP contribution in [0.3, 0.4) is 0 Å². The van der Waals surface area contributed by atoms with E-state index in [4.69, 9.17) is 0 Å². The molecule has 92 valence electrons. The number of rotatable bonds is 4. The zero-order chi connectivity index (χ0) is 12.4. The summed E-state index contributed by atoms with van der Waals surface area (Å²) in [4.78, 5) is 0. The molecule has 1 saturated carbocycles. The third kappa shape index (κ3) is 2.59. The Labute approximate surface area is 107 Å². The molecule has 1 N–H and O–H groups in total. The summed E-state index contributed by atoms with van der Waals surface area (Å²) in [5.41, 5.74) is 3.29. The van der Waals surface area contributed by atoms with Crippen LogP contribution in [0.4, 0.5) is 4.39 Å². The Bertz CT molecular complexity index is 532. The Balaban J connectivity index is 1.91. The Kier molecular flexibility index (Phi) is 3.11. The maximum atomic E-state index is 13.4. The lowest BCUT2D eigenvalue weighted by Crippen LogP contribution is -2.16. The van der Waals surface area contributed by atoms with Crippen LogP contribution in [0.15, 0.2) is 48.5 Å². The highest BCUT2D eigenvalue weighted by Crippen LogP contribution is 2.26. The molecule has 0 unspecified atom stereocenters. The van der Waals surface area contributed by atoms with Gasteiger partial charge in [-0.3, -0.25) is 0 Å². The maximum Gasteiger partial charge on any atom is 0.123 e. The summed E-state index contributed by atoms with van der Waals surface area (Å²) >= 11 is 0. The largest absolute Gasteiger partial charge is 0.310 e. The first-order valence-corrected chi connectivity index (χ1v) is 6.40. The summed E-state index contributed by atoms with van der Waals surface area (Å²) in [6.45, 7) is 0.743. The van der Waals surface area contributed by atoms with Crippen LogP contribution in [-0.2, 0) is 6.54 Å². The molecule has 0 saturated heterocycles. The van der Waals surface area contributed by atoms with Crippen LogP contribution in [-0.4, -0.2) is 6.04 Å². The molecular weight excluding hydrogens is 225 g/mol. The molecule has 2 aromatic rings. The minimum absolute atomic E-state index is 0.165. The van der Waals surface area contributed by atoms with E-state index in [9.17, 15) is 4.39 Å². The van der Waals surface area contributed by atoms with Crippen molar-refractivity contribution in [3.05, 3.63) is 59.9 Å². The maximum absolute atomic E-state index is 13.4. The highest BCUT2D eigenvalue weighted by molar-refractivity contribution is 5.67. The second-order valence-electron chi connectivity index (χ2n) is 4.82. The van der Waals surface area contributed by atoms with Crippen molar-refractivity contribution >= 4 is 0 Å². The van der Waals surface area contributed by atoms with Crippen LogP contribution in [0.25, 0.3) is 11.1 Å². The van der Waals surface area contributed by atoms with Gasteiger partial charge in [0.2, 0.25) is 0 Å². The zero-order valence-corrected chi connectivity index (χ0v) is 10.2. The van der Waals surface area contributed by atoms with Crippen LogP contribution in [0, 0.1) is 5.82 Å². The van der Waals surface area contributed by atoms with Gasteiger partial charge in [0.05, 0.1) is 0 Å². The minimum Gasteiger partial charge on any atom is -0.310 e. The molecule has 0 aromatic heterocycles. The van der Waals surface area contributed by atoms with Gasteiger partial charge >= 0.3 is 0 Å². The average Bonchev–Trinajstić information content (AvgIpc) is 3.21. The molecule has 0 atom stereocenters. The first kappa shape index (κ1) is 11.4. The van der Waals surface area contributed by atoms with E-state index in [0.717, 1.165) is 23.2 Å². The average molecular weight is 241 g/mol. The fraction of sp³-hybridized carbons (Fsp3) is 0.250. The fourth-order valence-corrected chi connectivity index (χ4v) is 2.15. The van der Waals surface area contributed by atoms with Crippen molar-refractivity contribution in [3.8, 4) is 11.1 Å². The molecule has 18 heavy (non-hydrogen) atoms. The number of benzene rings is 2. The Hall–Kier alpha value is -1.67. The van der Waals surface area contributed by atoms with Crippen molar-refractivity contribution in [2.75, 3.05) is 0 Å². The predicted octanol–water partition coefficient (Wildman–Crippen LogP) is 3.74. The number of halogens is 1. The van der Waals surface area contributed by atoms with Gasteiger partial charge in [0, 0.05) is 12.6 Å². The summed E-state index contributed by atoms with van der Waals surface area (Å²) in [5.74, 6) is -0.165. The number of nitrogens with one attached hydrogen (secondary N) is 1. The molecule has 3 rings (SSSR count). The van der Waals surface area contributed by atoms with Crippen molar-refractivity contribution in [3.63, 3.8) is 0 Å². The lowest BCUT2D eigenvalue weighted by molar-refractivity contribution is 0.620. The van der Waals surface area contributed by atoms with Crippen LogP contribution >= 0.6 is 0 Å². The van der Waals surface area contributed by atoms with Gasteiger partial charge in [0.25, 0.3) is 0 Å². The van der Waals surface area contributed by atoms with E-state index < -0.39 is 0 Å². The molecule has 2 heteroatoms. The van der Waals surface area contributed by atoms with Crippen molar-refractivity contribution in [2.45, 2.75) is 25.4 Å². The van der Waals surface area contributed by atoms with Crippen LogP contribution in [0.1, 0.15) is 18.4 Å². The highest BCUT2D eigenvalue weighted by atomic mass is 19.1. The second-order valence-corrected chi connectivity index (χ2v) is 4.82. The molecule has 1 nitrogen and oxygen atoms in total. The van der Waals surface area contributed by atoms with E-state index in [0.29, 0.717) is 6.04 Å². The summed E-state index contributed by atoms with van der Waals surface area (Å²) in [6.07, 6.45) is 2.49. The van der Waals surface area contributed by atoms with Crippen molar-refractivity contribution in [1.29, 1.82) is 0 Å². The van der Waals surface area contributed by atoms with E-state index in [1.807, 2.05) is 24.3 Å². The third-order valence-electron chi connectivity index (χ3n) is 3.31. The Morgan fingerprint density at radius 2 is 1.83 bits per heavy atom. The smallest absolute Gasteiger partial charge is 0.123 e. The van der Waals surface area contributed by atoms with Gasteiger partial charge in [-0.05, 0) is 41.7 Å². The zero-order valence-electron chi connectivity index (χ0n) is 10.2. The summed E-state index contributed by atoms with van der Waals surface area (Å²) < 4.78 is 13.4. The van der Waals surface area contributed by atoms with Gasteiger partial charge in [0.15, 0.2) is 0 Å². The van der Waals surface area contributed by atoms with Gasteiger partial charge in [-0.2, -0.15) is 0 Å². The molecule has 0 spiro atoms. The molecule has 1 aliphatic carbocycles. The van der Waals surface area contributed by atoms with E-state index in [1.165, 1.54) is 18.9 Å². The van der Waals surface area contributed by atoms with Crippen molar-refractivity contribution < 1.29 is 4.39 Å². The summed E-state index contributed by atoms with van der Waals surface area (Å²) in [5, 5.41) is 3.44. The van der Waals surface area contributed by atoms with Gasteiger partial charge in [-0.15, -0.1) is 0 Å². The predicted molar refractivity (Wildman–Crippen MR) is 71.7 cm³/mol. The molecule has 0 amide bonds. The lowest BCUT2D eigenvalue weighted by atomic mass is 9.99. The topological polar surface area (TPSA) is 12.0 Å². The number of hydrogen-bond donors (Lipinski definition) is 1. The monoisotopic (exact) mass is 241 g/mol. The molecule has 0 aliphatic heterocycles. The first-order chi connectivity index (χ1) is 8.83.